The van der Waals surface area contributed by atoms with Crippen LogP contribution in [0.15, 0.2) is 33.0 Å². The van der Waals surface area contributed by atoms with Crippen molar-refractivity contribution >= 4 is 18.5 Å². The summed E-state index contributed by atoms with van der Waals surface area (Å²) in [5.74, 6) is -0.0206. The van der Waals surface area contributed by atoms with E-state index in [1.165, 1.54) is 0 Å². The molecule has 27 heavy (non-hydrogen) atoms. The number of carbonyl (C=O) groups excluding carboxylic acids is 1. The molecule has 2 fully saturated rings. The number of amides is 1. The summed E-state index contributed by atoms with van der Waals surface area (Å²) in [6.07, 6.45) is 10.3. The summed E-state index contributed by atoms with van der Waals surface area (Å²) in [7, 11) is 0. The van der Waals surface area contributed by atoms with Gasteiger partial charge in [-0.1, -0.05) is 0 Å². The number of fused-ring (bicyclic) bond motifs is 1. The van der Waals surface area contributed by atoms with Gasteiger partial charge in [0, 0.05) is 38.4 Å². The van der Waals surface area contributed by atoms with Gasteiger partial charge in [-0.25, -0.2) is 0 Å². The molecule has 0 aliphatic carbocycles. The van der Waals surface area contributed by atoms with E-state index in [9.17, 15) is 10.1 Å². The highest BCUT2D eigenvalue weighted by molar-refractivity contribution is 5.98. The van der Waals surface area contributed by atoms with Gasteiger partial charge in [-0.15, -0.1) is 0 Å². The van der Waals surface area contributed by atoms with Crippen molar-refractivity contribution in [1.29, 1.82) is 5.26 Å². The third-order valence-corrected chi connectivity index (χ3v) is 5.70. The van der Waals surface area contributed by atoms with Crippen molar-refractivity contribution in [3.05, 3.63) is 23.0 Å². The van der Waals surface area contributed by atoms with Crippen molar-refractivity contribution in [3.8, 4) is 6.07 Å². The van der Waals surface area contributed by atoms with E-state index < -0.39 is 0 Å². The van der Waals surface area contributed by atoms with Crippen LogP contribution in [0.3, 0.4) is 0 Å². The Kier molecular flexibility index (Phi) is 5.35. The molecular weight excluding hydrogens is 342 g/mol. The van der Waals surface area contributed by atoms with Crippen LogP contribution in [0, 0.1) is 17.2 Å². The minimum Gasteiger partial charge on any atom is -0.381 e. The molecule has 0 aromatic rings. The maximum Gasteiger partial charge on any atom is 0.266 e. The zero-order chi connectivity index (χ0) is 18.6. The first-order chi connectivity index (χ1) is 13.3. The van der Waals surface area contributed by atoms with Crippen LogP contribution in [-0.4, -0.2) is 67.2 Å². The van der Waals surface area contributed by atoms with Crippen LogP contribution in [-0.2, 0) is 9.53 Å². The SMILES string of the molecule is N#CC(C(=O)N1CCCCC1)=C(C1CCOCC1)N1C=NC2CN=CC=C21. The molecule has 0 spiro atoms. The topological polar surface area (TPSA) is 81.3 Å². The second kappa shape index (κ2) is 8.05. The van der Waals surface area contributed by atoms with Gasteiger partial charge in [-0.2, -0.15) is 5.26 Å². The van der Waals surface area contributed by atoms with Gasteiger partial charge in [-0.05, 0) is 38.2 Å². The Morgan fingerprint density at radius 2 is 2.00 bits per heavy atom. The van der Waals surface area contributed by atoms with E-state index >= 15 is 0 Å². The van der Waals surface area contributed by atoms with Gasteiger partial charge < -0.3 is 14.5 Å². The number of aliphatic imine (C=N–C) groups is 2. The van der Waals surface area contributed by atoms with Crippen molar-refractivity contribution in [2.45, 2.75) is 38.1 Å². The molecule has 7 heteroatoms. The first-order valence-electron chi connectivity index (χ1n) is 9.83. The van der Waals surface area contributed by atoms with E-state index in [4.69, 9.17) is 4.74 Å². The number of likely N-dealkylation sites (tertiary alicyclic amines) is 1. The second-order valence-electron chi connectivity index (χ2n) is 7.37. The van der Waals surface area contributed by atoms with E-state index in [-0.39, 0.29) is 23.4 Å². The van der Waals surface area contributed by atoms with Gasteiger partial charge >= 0.3 is 0 Å². The molecular formula is C20H25N5O2. The van der Waals surface area contributed by atoms with Crippen LogP contribution >= 0.6 is 0 Å². The van der Waals surface area contributed by atoms with Crippen molar-refractivity contribution in [1.82, 2.24) is 9.80 Å². The Hall–Kier alpha value is -2.46. The summed E-state index contributed by atoms with van der Waals surface area (Å²) in [5, 5.41) is 9.98. The fraction of sp³-hybridized carbons (Fsp3) is 0.600. The molecule has 1 amide bonds. The summed E-state index contributed by atoms with van der Waals surface area (Å²) in [5.41, 5.74) is 2.06. The van der Waals surface area contributed by atoms with Gasteiger partial charge in [0.2, 0.25) is 0 Å². The Balaban J connectivity index is 1.73. The summed E-state index contributed by atoms with van der Waals surface area (Å²) < 4.78 is 5.52. The lowest BCUT2D eigenvalue weighted by Crippen LogP contribution is -2.39. The lowest BCUT2D eigenvalue weighted by atomic mass is 9.91. The monoisotopic (exact) mass is 367 g/mol. The van der Waals surface area contributed by atoms with Crippen LogP contribution in [0.25, 0.3) is 0 Å². The van der Waals surface area contributed by atoms with Crippen molar-refractivity contribution in [2.75, 3.05) is 32.8 Å². The number of carbonyl (C=O) groups is 1. The predicted octanol–water partition coefficient (Wildman–Crippen LogP) is 1.88. The first kappa shape index (κ1) is 17.9. The van der Waals surface area contributed by atoms with Gasteiger partial charge in [-0.3, -0.25) is 14.8 Å². The highest BCUT2D eigenvalue weighted by Gasteiger charge is 2.36. The van der Waals surface area contributed by atoms with Gasteiger partial charge in [0.15, 0.2) is 0 Å². The molecule has 0 N–H and O–H groups in total. The largest absolute Gasteiger partial charge is 0.381 e. The molecule has 2 saturated heterocycles. The minimum atomic E-state index is -0.138. The molecule has 4 heterocycles. The molecule has 142 valence electrons. The van der Waals surface area contributed by atoms with Gasteiger partial charge in [0.1, 0.15) is 17.7 Å². The Morgan fingerprint density at radius 3 is 2.74 bits per heavy atom. The number of piperidine rings is 1. The van der Waals surface area contributed by atoms with Crippen LogP contribution in [0.2, 0.25) is 0 Å². The number of hydrogen-bond donors (Lipinski definition) is 0. The smallest absolute Gasteiger partial charge is 0.266 e. The standard InChI is InChI=1S/C20H25N5O2/c21-12-16(20(26)24-8-2-1-3-9-24)19(15-5-10-27-11-6-15)25-14-23-17-13-22-7-4-18(17)25/h4,7,14-15,17H,1-3,5-6,8-11,13H2. The molecule has 0 radical (unpaired) electrons. The van der Waals surface area contributed by atoms with Crippen LogP contribution < -0.4 is 0 Å². The lowest BCUT2D eigenvalue weighted by molar-refractivity contribution is -0.127. The normalized spacial score (nSPS) is 26.3. The van der Waals surface area contributed by atoms with Crippen LogP contribution in [0.1, 0.15) is 32.1 Å². The van der Waals surface area contributed by atoms with E-state index in [1.54, 1.807) is 12.6 Å². The average molecular weight is 367 g/mol. The third-order valence-electron chi connectivity index (χ3n) is 5.70. The molecule has 0 aromatic carbocycles. The maximum absolute atomic E-state index is 13.2. The molecule has 0 bridgehead atoms. The molecule has 1 unspecified atom stereocenters. The highest BCUT2D eigenvalue weighted by atomic mass is 16.5. The zero-order valence-electron chi connectivity index (χ0n) is 15.5. The van der Waals surface area contributed by atoms with Crippen molar-refractivity contribution < 1.29 is 9.53 Å². The third kappa shape index (κ3) is 3.54. The fourth-order valence-electron chi connectivity index (χ4n) is 4.24. The number of rotatable bonds is 3. The molecule has 1 atom stereocenters. The van der Waals surface area contributed by atoms with Crippen LogP contribution in [0.5, 0.6) is 0 Å². The summed E-state index contributed by atoms with van der Waals surface area (Å²) in [4.78, 5) is 25.9. The maximum atomic E-state index is 13.2. The Bertz CT molecular complexity index is 749. The fourth-order valence-corrected chi connectivity index (χ4v) is 4.24. The molecule has 0 aromatic heterocycles. The first-order valence-corrected chi connectivity index (χ1v) is 9.83. The summed E-state index contributed by atoms with van der Waals surface area (Å²) in [6.45, 7) is 3.38. The average Bonchev–Trinajstić information content (AvgIpc) is 3.16. The molecule has 0 saturated carbocycles. The number of ether oxygens (including phenoxy) is 1. The summed E-state index contributed by atoms with van der Waals surface area (Å²) >= 11 is 0. The van der Waals surface area contributed by atoms with Gasteiger partial charge in [0.05, 0.1) is 24.3 Å². The molecule has 4 aliphatic rings. The minimum absolute atomic E-state index is 0.0186. The second-order valence-corrected chi connectivity index (χ2v) is 7.37. The molecule has 7 nitrogen and oxygen atoms in total. The zero-order valence-corrected chi connectivity index (χ0v) is 15.5. The number of nitriles is 1. The van der Waals surface area contributed by atoms with E-state index in [2.05, 4.69) is 16.1 Å². The number of allylic oxidation sites excluding steroid dienone is 2. The Morgan fingerprint density at radius 1 is 1.22 bits per heavy atom. The van der Waals surface area contributed by atoms with Gasteiger partial charge in [0.25, 0.3) is 5.91 Å². The predicted molar refractivity (Wildman–Crippen MR) is 102 cm³/mol. The van der Waals surface area contributed by atoms with E-state index in [0.29, 0.717) is 19.8 Å². The van der Waals surface area contributed by atoms with Crippen molar-refractivity contribution in [3.63, 3.8) is 0 Å². The molecule has 4 aliphatic heterocycles. The van der Waals surface area contributed by atoms with Crippen LogP contribution in [0.4, 0.5) is 0 Å². The lowest BCUT2D eigenvalue weighted by Gasteiger charge is -2.34. The number of nitrogens with zero attached hydrogens (tertiary/aromatic N) is 5. The quantitative estimate of drug-likeness (QED) is 0.563. The number of hydrogen-bond acceptors (Lipinski definition) is 6. The molecule has 4 rings (SSSR count). The van der Waals surface area contributed by atoms with E-state index in [0.717, 1.165) is 56.6 Å². The highest BCUT2D eigenvalue weighted by Crippen LogP contribution is 2.35. The van der Waals surface area contributed by atoms with E-state index in [1.807, 2.05) is 15.9 Å². The Labute approximate surface area is 159 Å². The van der Waals surface area contributed by atoms with Crippen molar-refractivity contribution in [2.24, 2.45) is 15.9 Å². The number of dihydropyridines is 1. The summed E-state index contributed by atoms with van der Waals surface area (Å²) in [6, 6.07) is 2.23.